The van der Waals surface area contributed by atoms with E-state index in [9.17, 15) is 32.1 Å². The number of carbonyl (C=O) groups excluding carboxylic acids is 4. The van der Waals surface area contributed by atoms with Crippen LogP contribution in [0.2, 0.25) is 0 Å². The Hall–Kier alpha value is -2.31. The van der Waals surface area contributed by atoms with Crippen LogP contribution < -0.4 is 40.6 Å². The van der Waals surface area contributed by atoms with Crippen molar-refractivity contribution < 1.29 is 76.0 Å². The second-order valence-corrected chi connectivity index (χ2v) is 7.73. The number of ether oxygens (including phenoxy) is 2. The van der Waals surface area contributed by atoms with Crippen molar-refractivity contribution in [2.24, 2.45) is 5.16 Å². The van der Waals surface area contributed by atoms with Gasteiger partial charge in [0.05, 0.1) is 6.61 Å². The zero-order valence-corrected chi connectivity index (χ0v) is 20.6. The van der Waals surface area contributed by atoms with E-state index in [1.54, 1.807) is 0 Å². The van der Waals surface area contributed by atoms with Crippen LogP contribution in [0.4, 0.5) is 5.13 Å². The van der Waals surface area contributed by atoms with Crippen molar-refractivity contribution in [3.05, 3.63) is 11.1 Å². The summed E-state index contributed by atoms with van der Waals surface area (Å²) in [5, 5.41) is 6.99. The maximum atomic E-state index is 12.5. The first-order chi connectivity index (χ1) is 14.5. The standard InChI is InChI=1S/C14H17N5O10S2.Na/c1-3-28-7(20)4-29-13(23)10-9(12(22)19(10)31(24,25)26)17-11(21)8(18-27-2)6-5-30-14(15)16-6;/h5,9-10H,3-4H2,1-2H3,(H2,15,16)(H,17,21)(H,24,25,26);/q;+1/p-1/t9-,10-;/m0./s1. The Morgan fingerprint density at radius 3 is 2.53 bits per heavy atom. The van der Waals surface area contributed by atoms with E-state index >= 15 is 0 Å². The summed E-state index contributed by atoms with van der Waals surface area (Å²) in [6.45, 7) is 0.580. The molecule has 1 fully saturated rings. The number of nitrogen functional groups attached to an aromatic ring is 1. The van der Waals surface area contributed by atoms with Crippen LogP contribution in [0.15, 0.2) is 10.5 Å². The number of anilines is 1. The summed E-state index contributed by atoms with van der Waals surface area (Å²) >= 11 is 0.974. The van der Waals surface area contributed by atoms with Gasteiger partial charge in [-0.2, -0.15) is 0 Å². The van der Waals surface area contributed by atoms with Crippen molar-refractivity contribution in [2.75, 3.05) is 26.1 Å². The molecule has 0 bridgehead atoms. The van der Waals surface area contributed by atoms with Gasteiger partial charge in [-0.05, 0) is 6.92 Å². The first-order valence-electron chi connectivity index (χ1n) is 8.26. The number of aromatic nitrogens is 1. The summed E-state index contributed by atoms with van der Waals surface area (Å²) in [4.78, 5) is 56.6. The molecule has 0 spiro atoms. The number of carbonyl (C=O) groups is 4. The average molecular weight is 501 g/mol. The normalized spacial score (nSPS) is 18.2. The third-order valence-corrected chi connectivity index (χ3v) is 5.18. The molecule has 18 heteroatoms. The maximum absolute atomic E-state index is 12.5. The number of thiazole rings is 1. The zero-order chi connectivity index (χ0) is 23.3. The number of rotatable bonds is 9. The molecule has 32 heavy (non-hydrogen) atoms. The van der Waals surface area contributed by atoms with Crippen molar-refractivity contribution in [2.45, 2.75) is 19.0 Å². The molecule has 2 heterocycles. The summed E-state index contributed by atoms with van der Waals surface area (Å²) in [6.07, 6.45) is 0. The van der Waals surface area contributed by atoms with Crippen molar-refractivity contribution in [1.82, 2.24) is 14.6 Å². The molecule has 1 saturated heterocycles. The number of nitrogens with zero attached hydrogens (tertiary/aromatic N) is 3. The van der Waals surface area contributed by atoms with Gasteiger partial charge in [0.2, 0.25) is 0 Å². The number of hydrogen-bond donors (Lipinski definition) is 2. The minimum absolute atomic E-state index is 0. The van der Waals surface area contributed by atoms with E-state index in [-0.39, 0.29) is 51.3 Å². The Bertz CT molecular complexity index is 1030. The van der Waals surface area contributed by atoms with Gasteiger partial charge in [-0.25, -0.2) is 27.3 Å². The van der Waals surface area contributed by atoms with Crippen molar-refractivity contribution in [1.29, 1.82) is 0 Å². The minimum atomic E-state index is -5.42. The number of amides is 2. The summed E-state index contributed by atoms with van der Waals surface area (Å²) in [6, 6.07) is -3.85. The smallest absolute Gasteiger partial charge is 0.731 e. The topological polar surface area (TPSA) is 220 Å². The SMILES string of the molecule is CCOC(=O)COC(=O)[C@@H]1[C@H](NC(=O)C(=NOC)c2csc(N)n2)C(=O)N1S(=O)(=O)[O-].[Na+]. The number of esters is 2. The zero-order valence-electron chi connectivity index (χ0n) is 17.0. The molecule has 15 nitrogen and oxygen atoms in total. The molecule has 2 rings (SSSR count). The van der Waals surface area contributed by atoms with Crippen LogP contribution in [0, 0.1) is 0 Å². The van der Waals surface area contributed by atoms with E-state index in [1.807, 2.05) is 0 Å². The van der Waals surface area contributed by atoms with Gasteiger partial charge in [-0.15, -0.1) is 11.3 Å². The largest absolute Gasteiger partial charge is 1.00 e. The van der Waals surface area contributed by atoms with Crippen LogP contribution >= 0.6 is 11.3 Å². The maximum Gasteiger partial charge on any atom is 1.00 e. The summed E-state index contributed by atoms with van der Waals surface area (Å²) in [5.74, 6) is -4.86. The molecule has 0 aromatic carbocycles. The summed E-state index contributed by atoms with van der Waals surface area (Å²) in [5.41, 5.74) is 5.03. The molecule has 1 aromatic rings. The fourth-order valence-electron chi connectivity index (χ4n) is 2.40. The molecule has 170 valence electrons. The van der Waals surface area contributed by atoms with Crippen LogP contribution in [0.1, 0.15) is 12.6 Å². The van der Waals surface area contributed by atoms with E-state index in [4.69, 9.17) is 5.73 Å². The molecule has 0 radical (unpaired) electrons. The van der Waals surface area contributed by atoms with Gasteiger partial charge in [-0.1, -0.05) is 5.16 Å². The van der Waals surface area contributed by atoms with Crippen molar-refractivity contribution in [3.63, 3.8) is 0 Å². The molecule has 3 N–H and O–H groups in total. The molecular weight excluding hydrogens is 485 g/mol. The van der Waals surface area contributed by atoms with Gasteiger partial charge < -0.3 is 29.9 Å². The van der Waals surface area contributed by atoms with Gasteiger partial charge in [0.15, 0.2) is 33.8 Å². The molecular formula is C14H16N5NaO10S2. The second kappa shape index (κ2) is 11.5. The number of oxime groups is 1. The Morgan fingerprint density at radius 2 is 2.03 bits per heavy atom. The van der Waals surface area contributed by atoms with Crippen molar-refractivity contribution >= 4 is 56.2 Å². The Labute approximate surface area is 207 Å². The molecule has 0 aliphatic carbocycles. The Kier molecular flexibility index (Phi) is 9.98. The Morgan fingerprint density at radius 1 is 1.38 bits per heavy atom. The fourth-order valence-corrected chi connectivity index (χ4v) is 3.77. The molecule has 1 aliphatic rings. The van der Waals surface area contributed by atoms with Crippen LogP contribution in [-0.2, 0) is 43.8 Å². The quantitative estimate of drug-likeness (QED) is 0.0807. The fraction of sp³-hybridized carbons (Fsp3) is 0.429. The van der Waals surface area contributed by atoms with Gasteiger partial charge >= 0.3 is 41.5 Å². The third-order valence-electron chi connectivity index (χ3n) is 3.62. The van der Waals surface area contributed by atoms with E-state index in [2.05, 4.69) is 29.8 Å². The second-order valence-electron chi connectivity index (χ2n) is 5.59. The minimum Gasteiger partial charge on any atom is -0.731 e. The van der Waals surface area contributed by atoms with Crippen LogP contribution in [0.5, 0.6) is 0 Å². The van der Waals surface area contributed by atoms with Crippen molar-refractivity contribution in [3.8, 4) is 0 Å². The van der Waals surface area contributed by atoms with Gasteiger partial charge in [-0.3, -0.25) is 9.59 Å². The first kappa shape index (κ1) is 27.7. The molecule has 1 aliphatic heterocycles. The van der Waals surface area contributed by atoms with Gasteiger partial charge in [0.25, 0.3) is 11.8 Å². The number of nitrogens with two attached hydrogens (primary N) is 1. The van der Waals surface area contributed by atoms with E-state index < -0.39 is 58.5 Å². The first-order valence-corrected chi connectivity index (χ1v) is 10.5. The molecule has 2 atom stereocenters. The third kappa shape index (κ3) is 6.36. The number of β-lactam (4-membered cyclic amide) rings is 1. The molecule has 2 amide bonds. The number of nitrogens with one attached hydrogen (secondary N) is 1. The predicted octanol–water partition coefficient (Wildman–Crippen LogP) is -5.66. The van der Waals surface area contributed by atoms with Gasteiger partial charge in [0, 0.05) is 5.38 Å². The van der Waals surface area contributed by atoms with Crippen LogP contribution in [-0.4, -0.2) is 84.1 Å². The monoisotopic (exact) mass is 501 g/mol. The molecule has 0 saturated carbocycles. The van der Waals surface area contributed by atoms with Crippen LogP contribution in [0.3, 0.4) is 0 Å². The summed E-state index contributed by atoms with van der Waals surface area (Å²) < 4.78 is 42.9. The summed E-state index contributed by atoms with van der Waals surface area (Å²) in [7, 11) is -4.30. The molecule has 1 aromatic heterocycles. The number of hydrogen-bond acceptors (Lipinski definition) is 14. The Balaban J connectivity index is 0.00000512. The molecule has 0 unspecified atom stereocenters. The van der Waals surface area contributed by atoms with Crippen LogP contribution in [0.25, 0.3) is 0 Å². The average Bonchev–Trinajstić information content (AvgIpc) is 3.11. The predicted molar refractivity (Wildman–Crippen MR) is 99.9 cm³/mol. The van der Waals surface area contributed by atoms with E-state index in [0.29, 0.717) is 0 Å². The van der Waals surface area contributed by atoms with E-state index in [1.165, 1.54) is 12.3 Å². The van der Waals surface area contributed by atoms with E-state index in [0.717, 1.165) is 18.4 Å². The van der Waals surface area contributed by atoms with Gasteiger partial charge in [0.1, 0.15) is 18.8 Å².